The van der Waals surface area contributed by atoms with Gasteiger partial charge >= 0.3 is 0 Å². The third-order valence-electron chi connectivity index (χ3n) is 3.66. The highest BCUT2D eigenvalue weighted by molar-refractivity contribution is 5.94. The fourth-order valence-electron chi connectivity index (χ4n) is 2.40. The van der Waals surface area contributed by atoms with Crippen molar-refractivity contribution in [2.45, 2.75) is 12.8 Å². The first-order valence-electron chi connectivity index (χ1n) is 7.61. The Labute approximate surface area is 130 Å². The number of ether oxygens (including phenoxy) is 3. The zero-order valence-corrected chi connectivity index (χ0v) is 13.0. The maximum Gasteiger partial charge on any atom is 0.251 e. The van der Waals surface area contributed by atoms with Crippen molar-refractivity contribution in [1.29, 1.82) is 0 Å². The van der Waals surface area contributed by atoms with E-state index >= 15 is 0 Å². The van der Waals surface area contributed by atoms with Gasteiger partial charge in [0.2, 0.25) is 0 Å². The normalized spacial score (nSPS) is 17.3. The number of nitrogens with two attached hydrogens (primary N) is 1. The van der Waals surface area contributed by atoms with E-state index in [1.54, 1.807) is 25.3 Å². The fraction of sp³-hybridized carbons (Fsp3) is 0.562. The van der Waals surface area contributed by atoms with E-state index in [0.29, 0.717) is 42.7 Å². The Balaban J connectivity index is 1.88. The van der Waals surface area contributed by atoms with Crippen LogP contribution in [0.5, 0.6) is 11.5 Å². The predicted octanol–water partition coefficient (Wildman–Crippen LogP) is 1.19. The van der Waals surface area contributed by atoms with Gasteiger partial charge in [-0.3, -0.25) is 4.79 Å². The van der Waals surface area contributed by atoms with E-state index in [1.165, 1.54) is 0 Å². The van der Waals surface area contributed by atoms with Gasteiger partial charge < -0.3 is 25.3 Å². The van der Waals surface area contributed by atoms with Gasteiger partial charge in [0.15, 0.2) is 11.5 Å². The second-order valence-electron chi connectivity index (χ2n) is 5.28. The molecule has 22 heavy (non-hydrogen) atoms. The molecular weight excluding hydrogens is 284 g/mol. The van der Waals surface area contributed by atoms with Crippen LogP contribution in [-0.4, -0.2) is 45.9 Å². The van der Waals surface area contributed by atoms with Gasteiger partial charge in [0.1, 0.15) is 6.61 Å². The lowest BCUT2D eigenvalue weighted by Crippen LogP contribution is -2.26. The van der Waals surface area contributed by atoms with Crippen LogP contribution in [0.25, 0.3) is 0 Å². The summed E-state index contributed by atoms with van der Waals surface area (Å²) in [6.07, 6.45) is 2.03. The lowest BCUT2D eigenvalue weighted by Gasteiger charge is -2.12. The molecule has 1 amide bonds. The maximum absolute atomic E-state index is 12.2. The van der Waals surface area contributed by atoms with Gasteiger partial charge in [-0.1, -0.05) is 0 Å². The number of hydrogen-bond donors (Lipinski definition) is 2. The molecule has 0 spiro atoms. The lowest BCUT2D eigenvalue weighted by atomic mass is 10.1. The van der Waals surface area contributed by atoms with E-state index in [-0.39, 0.29) is 5.91 Å². The standard InChI is InChI=1S/C16H24N2O4/c1-20-15-10-13(2-3-14(15)22-9-6-17)16(19)18-7-4-12-5-8-21-11-12/h2-3,10,12H,4-9,11,17H2,1H3,(H,18,19). The number of carbonyl (C=O) groups excluding carboxylic acids is 1. The van der Waals surface area contributed by atoms with Gasteiger partial charge in [-0.05, 0) is 37.0 Å². The average molecular weight is 308 g/mol. The molecule has 122 valence electrons. The van der Waals surface area contributed by atoms with Crippen molar-refractivity contribution >= 4 is 5.91 Å². The minimum atomic E-state index is -0.109. The number of carbonyl (C=O) groups is 1. The van der Waals surface area contributed by atoms with Crippen LogP contribution in [-0.2, 0) is 4.74 Å². The number of nitrogens with one attached hydrogen (secondary N) is 1. The summed E-state index contributed by atoms with van der Waals surface area (Å²) in [5.74, 6) is 1.57. The summed E-state index contributed by atoms with van der Waals surface area (Å²) in [7, 11) is 1.55. The number of methoxy groups -OCH3 is 1. The number of benzene rings is 1. The molecule has 0 aromatic heterocycles. The highest BCUT2D eigenvalue weighted by Crippen LogP contribution is 2.28. The summed E-state index contributed by atoms with van der Waals surface area (Å²) in [4.78, 5) is 12.2. The molecular formula is C16H24N2O4. The van der Waals surface area contributed by atoms with Crippen LogP contribution in [0.4, 0.5) is 0 Å². The molecule has 2 rings (SSSR count). The Morgan fingerprint density at radius 2 is 2.32 bits per heavy atom. The number of rotatable bonds is 8. The van der Waals surface area contributed by atoms with Crippen molar-refractivity contribution in [2.75, 3.05) is 40.0 Å². The van der Waals surface area contributed by atoms with E-state index < -0.39 is 0 Å². The molecule has 1 aromatic carbocycles. The van der Waals surface area contributed by atoms with E-state index in [4.69, 9.17) is 19.9 Å². The summed E-state index contributed by atoms with van der Waals surface area (Å²) in [5.41, 5.74) is 5.97. The van der Waals surface area contributed by atoms with Crippen molar-refractivity contribution in [3.8, 4) is 11.5 Å². The Kier molecular flexibility index (Phi) is 6.48. The molecule has 0 aliphatic carbocycles. The van der Waals surface area contributed by atoms with Gasteiger partial charge in [0.05, 0.1) is 7.11 Å². The summed E-state index contributed by atoms with van der Waals surface area (Å²) < 4.78 is 16.0. The van der Waals surface area contributed by atoms with Crippen molar-refractivity contribution < 1.29 is 19.0 Å². The third kappa shape index (κ3) is 4.61. The molecule has 1 fully saturated rings. The largest absolute Gasteiger partial charge is 0.493 e. The van der Waals surface area contributed by atoms with E-state index in [2.05, 4.69) is 5.32 Å². The predicted molar refractivity (Wildman–Crippen MR) is 83.4 cm³/mol. The van der Waals surface area contributed by atoms with Gasteiger partial charge in [0.25, 0.3) is 5.91 Å². The molecule has 0 bridgehead atoms. The first kappa shape index (κ1) is 16.6. The Morgan fingerprint density at radius 3 is 3.00 bits per heavy atom. The second kappa shape index (κ2) is 8.60. The molecule has 1 unspecified atom stereocenters. The summed E-state index contributed by atoms with van der Waals surface area (Å²) in [6, 6.07) is 5.14. The van der Waals surface area contributed by atoms with Crippen molar-refractivity contribution in [3.63, 3.8) is 0 Å². The maximum atomic E-state index is 12.2. The lowest BCUT2D eigenvalue weighted by molar-refractivity contribution is 0.0950. The highest BCUT2D eigenvalue weighted by atomic mass is 16.5. The van der Waals surface area contributed by atoms with Crippen LogP contribution in [0.3, 0.4) is 0 Å². The summed E-state index contributed by atoms with van der Waals surface area (Å²) in [5, 5.41) is 2.93. The molecule has 6 nitrogen and oxygen atoms in total. The topological polar surface area (TPSA) is 82.8 Å². The van der Waals surface area contributed by atoms with Crippen LogP contribution in [0, 0.1) is 5.92 Å². The highest BCUT2D eigenvalue weighted by Gasteiger charge is 2.16. The van der Waals surface area contributed by atoms with Crippen LogP contribution in [0.15, 0.2) is 18.2 Å². The van der Waals surface area contributed by atoms with Gasteiger partial charge in [-0.25, -0.2) is 0 Å². The van der Waals surface area contributed by atoms with Crippen LogP contribution in [0.1, 0.15) is 23.2 Å². The smallest absolute Gasteiger partial charge is 0.251 e. The Bertz CT molecular complexity index is 487. The minimum Gasteiger partial charge on any atom is -0.493 e. The first-order chi connectivity index (χ1) is 10.7. The van der Waals surface area contributed by atoms with Gasteiger partial charge in [-0.2, -0.15) is 0 Å². The fourth-order valence-corrected chi connectivity index (χ4v) is 2.40. The van der Waals surface area contributed by atoms with Crippen LogP contribution >= 0.6 is 0 Å². The number of amides is 1. The summed E-state index contributed by atoms with van der Waals surface area (Å²) in [6.45, 7) is 3.12. The van der Waals surface area contributed by atoms with Crippen molar-refractivity contribution in [2.24, 2.45) is 11.7 Å². The average Bonchev–Trinajstić information content (AvgIpc) is 3.06. The molecule has 1 aromatic rings. The van der Waals surface area contributed by atoms with Crippen molar-refractivity contribution in [1.82, 2.24) is 5.32 Å². The molecule has 1 atom stereocenters. The van der Waals surface area contributed by atoms with Crippen LogP contribution in [0.2, 0.25) is 0 Å². The first-order valence-corrected chi connectivity index (χ1v) is 7.61. The van der Waals surface area contributed by atoms with Crippen LogP contribution < -0.4 is 20.5 Å². The van der Waals surface area contributed by atoms with E-state index in [1.807, 2.05) is 0 Å². The second-order valence-corrected chi connectivity index (χ2v) is 5.28. The molecule has 1 aliphatic rings. The SMILES string of the molecule is COc1cc(C(=O)NCCC2CCOC2)ccc1OCCN. The van der Waals surface area contributed by atoms with E-state index in [9.17, 15) is 4.79 Å². The molecule has 0 radical (unpaired) electrons. The van der Waals surface area contributed by atoms with Gasteiger partial charge in [-0.15, -0.1) is 0 Å². The minimum absolute atomic E-state index is 0.109. The molecule has 0 saturated carbocycles. The molecule has 1 aliphatic heterocycles. The molecule has 1 saturated heterocycles. The number of hydrogen-bond acceptors (Lipinski definition) is 5. The van der Waals surface area contributed by atoms with Crippen molar-refractivity contribution in [3.05, 3.63) is 23.8 Å². The Morgan fingerprint density at radius 1 is 1.45 bits per heavy atom. The van der Waals surface area contributed by atoms with Gasteiger partial charge in [0, 0.05) is 31.9 Å². The Hall–Kier alpha value is -1.79. The monoisotopic (exact) mass is 308 g/mol. The molecule has 3 N–H and O–H groups in total. The summed E-state index contributed by atoms with van der Waals surface area (Å²) >= 11 is 0. The zero-order chi connectivity index (χ0) is 15.8. The third-order valence-corrected chi connectivity index (χ3v) is 3.66. The molecule has 6 heteroatoms. The van der Waals surface area contributed by atoms with E-state index in [0.717, 1.165) is 26.1 Å². The zero-order valence-electron chi connectivity index (χ0n) is 13.0. The molecule has 1 heterocycles. The quantitative estimate of drug-likeness (QED) is 0.754.